The lowest BCUT2D eigenvalue weighted by Crippen LogP contribution is -2.41. The number of esters is 1. The van der Waals surface area contributed by atoms with Gasteiger partial charge in [0.1, 0.15) is 5.75 Å². The Morgan fingerprint density at radius 3 is 2.18 bits per heavy atom. The van der Waals surface area contributed by atoms with Gasteiger partial charge in [0.15, 0.2) is 0 Å². The second-order valence-corrected chi connectivity index (χ2v) is 7.07. The molecule has 1 fully saturated rings. The number of carbonyl (C=O) groups excluding carboxylic acids is 2. The van der Waals surface area contributed by atoms with Gasteiger partial charge in [0.05, 0.1) is 18.8 Å². The summed E-state index contributed by atoms with van der Waals surface area (Å²) < 4.78 is 10.7. The summed E-state index contributed by atoms with van der Waals surface area (Å²) in [5.74, 6) is 0.378. The first-order valence-corrected chi connectivity index (χ1v) is 9.52. The minimum absolute atomic E-state index is 0.113. The van der Waals surface area contributed by atoms with Gasteiger partial charge < -0.3 is 20.1 Å². The van der Waals surface area contributed by atoms with Crippen LogP contribution in [0.2, 0.25) is 0 Å². The van der Waals surface area contributed by atoms with E-state index in [0.717, 1.165) is 42.7 Å². The minimum atomic E-state index is -0.359. The van der Waals surface area contributed by atoms with E-state index in [1.807, 2.05) is 31.2 Å². The van der Waals surface area contributed by atoms with E-state index in [4.69, 9.17) is 9.47 Å². The number of urea groups is 1. The monoisotopic (exact) mass is 382 g/mol. The van der Waals surface area contributed by atoms with E-state index in [0.29, 0.717) is 5.56 Å². The molecule has 3 rings (SSSR count). The summed E-state index contributed by atoms with van der Waals surface area (Å²) in [6.45, 7) is 2.01. The minimum Gasteiger partial charge on any atom is -0.490 e. The lowest BCUT2D eigenvalue weighted by molar-refractivity contribution is 0.0600. The summed E-state index contributed by atoms with van der Waals surface area (Å²) in [5.41, 5.74) is 2.45. The first-order chi connectivity index (χ1) is 13.5. The van der Waals surface area contributed by atoms with E-state index in [9.17, 15) is 9.59 Å². The predicted octanol–water partition coefficient (Wildman–Crippen LogP) is 4.29. The van der Waals surface area contributed by atoms with Crippen molar-refractivity contribution in [1.29, 1.82) is 0 Å². The highest BCUT2D eigenvalue weighted by atomic mass is 16.5. The first kappa shape index (κ1) is 19.7. The van der Waals surface area contributed by atoms with Crippen LogP contribution in [-0.2, 0) is 4.74 Å². The average molecular weight is 382 g/mol. The summed E-state index contributed by atoms with van der Waals surface area (Å²) in [4.78, 5) is 23.6. The van der Waals surface area contributed by atoms with Crippen LogP contribution in [0.3, 0.4) is 0 Å². The molecule has 0 aliphatic heterocycles. The Morgan fingerprint density at radius 2 is 1.57 bits per heavy atom. The van der Waals surface area contributed by atoms with Crippen molar-refractivity contribution >= 4 is 17.7 Å². The molecule has 0 aromatic heterocycles. The number of nitrogens with one attached hydrogen (secondary N) is 2. The second-order valence-electron chi connectivity index (χ2n) is 7.07. The molecule has 28 heavy (non-hydrogen) atoms. The van der Waals surface area contributed by atoms with E-state index < -0.39 is 0 Å². The Hall–Kier alpha value is -3.02. The van der Waals surface area contributed by atoms with Crippen molar-refractivity contribution < 1.29 is 19.1 Å². The smallest absolute Gasteiger partial charge is 0.337 e. The van der Waals surface area contributed by atoms with Crippen molar-refractivity contribution in [3.05, 3.63) is 59.7 Å². The van der Waals surface area contributed by atoms with Gasteiger partial charge in [-0.3, -0.25) is 0 Å². The van der Waals surface area contributed by atoms with Gasteiger partial charge >= 0.3 is 12.0 Å². The Labute approximate surface area is 165 Å². The molecule has 0 radical (unpaired) electrons. The molecule has 1 aliphatic rings. The predicted molar refractivity (Wildman–Crippen MR) is 108 cm³/mol. The van der Waals surface area contributed by atoms with Crippen molar-refractivity contribution in [3.63, 3.8) is 0 Å². The maximum Gasteiger partial charge on any atom is 0.337 e. The van der Waals surface area contributed by atoms with Crippen LogP contribution < -0.4 is 15.4 Å². The number of hydrogen-bond donors (Lipinski definition) is 2. The van der Waals surface area contributed by atoms with E-state index in [2.05, 4.69) is 10.6 Å². The van der Waals surface area contributed by atoms with Crippen LogP contribution in [0.15, 0.2) is 48.5 Å². The lowest BCUT2D eigenvalue weighted by atomic mass is 9.93. The highest BCUT2D eigenvalue weighted by Crippen LogP contribution is 2.24. The average Bonchev–Trinajstić information content (AvgIpc) is 2.71. The maximum absolute atomic E-state index is 12.2. The van der Waals surface area contributed by atoms with Crippen LogP contribution in [0.5, 0.6) is 5.75 Å². The molecule has 0 spiro atoms. The molecule has 6 heteroatoms. The van der Waals surface area contributed by atoms with Gasteiger partial charge in [-0.2, -0.15) is 0 Å². The third-order valence-electron chi connectivity index (χ3n) is 4.90. The number of benzene rings is 2. The van der Waals surface area contributed by atoms with E-state index >= 15 is 0 Å². The molecule has 6 nitrogen and oxygen atoms in total. The molecule has 0 unspecified atom stereocenters. The van der Waals surface area contributed by atoms with Gasteiger partial charge in [-0.1, -0.05) is 17.7 Å². The van der Waals surface area contributed by atoms with Crippen LogP contribution in [0, 0.1) is 6.92 Å². The fraction of sp³-hybridized carbons (Fsp3) is 0.364. The number of amides is 2. The van der Waals surface area contributed by atoms with Crippen LogP contribution >= 0.6 is 0 Å². The largest absolute Gasteiger partial charge is 0.490 e. The summed E-state index contributed by atoms with van der Waals surface area (Å²) >= 11 is 0. The van der Waals surface area contributed by atoms with Gasteiger partial charge in [0, 0.05) is 11.7 Å². The highest BCUT2D eigenvalue weighted by molar-refractivity contribution is 5.89. The van der Waals surface area contributed by atoms with E-state index in [1.54, 1.807) is 24.3 Å². The number of aryl methyl sites for hydroxylation is 1. The maximum atomic E-state index is 12.2. The molecule has 0 saturated heterocycles. The molecule has 2 N–H and O–H groups in total. The summed E-state index contributed by atoms with van der Waals surface area (Å²) in [5, 5.41) is 5.90. The molecular formula is C22H26N2O4. The topological polar surface area (TPSA) is 76.7 Å². The standard InChI is InChI=1S/C22H26N2O4/c1-15-3-7-17(8-4-15)23-22(26)24-18-9-13-20(14-10-18)28-19-11-5-16(6-12-19)21(25)27-2/h3-8,11-12,18,20H,9-10,13-14H2,1-2H3,(H2,23,24,26)/t18-,20-. The number of carbonyl (C=O) groups is 2. The van der Waals surface area contributed by atoms with E-state index in [1.165, 1.54) is 7.11 Å². The van der Waals surface area contributed by atoms with Crippen molar-refractivity contribution in [2.45, 2.75) is 44.8 Å². The zero-order valence-electron chi connectivity index (χ0n) is 16.2. The molecule has 2 aromatic rings. The van der Waals surface area contributed by atoms with Crippen molar-refractivity contribution in [3.8, 4) is 5.75 Å². The third kappa shape index (κ3) is 5.49. The van der Waals surface area contributed by atoms with Crippen LogP contribution in [0.1, 0.15) is 41.6 Å². The SMILES string of the molecule is COC(=O)c1ccc(O[C@H]2CC[C@H](NC(=O)Nc3ccc(C)cc3)CC2)cc1. The van der Waals surface area contributed by atoms with Gasteiger partial charge in [-0.15, -0.1) is 0 Å². The summed E-state index contributed by atoms with van der Waals surface area (Å²) in [7, 11) is 1.36. The quantitative estimate of drug-likeness (QED) is 0.756. The van der Waals surface area contributed by atoms with Crippen molar-refractivity contribution in [2.75, 3.05) is 12.4 Å². The second kappa shape index (κ2) is 9.26. The molecule has 0 heterocycles. The van der Waals surface area contributed by atoms with Crippen molar-refractivity contribution in [2.24, 2.45) is 0 Å². The molecule has 1 aliphatic carbocycles. The summed E-state index contributed by atoms with van der Waals surface area (Å²) in [6, 6.07) is 14.7. The van der Waals surface area contributed by atoms with Crippen LogP contribution in [0.4, 0.5) is 10.5 Å². The number of rotatable bonds is 5. The number of methoxy groups -OCH3 is 1. The fourth-order valence-corrected chi connectivity index (χ4v) is 3.29. The van der Waals surface area contributed by atoms with Gasteiger partial charge in [0.2, 0.25) is 0 Å². The van der Waals surface area contributed by atoms with Crippen LogP contribution in [0.25, 0.3) is 0 Å². The zero-order valence-corrected chi connectivity index (χ0v) is 16.2. The number of hydrogen-bond acceptors (Lipinski definition) is 4. The third-order valence-corrected chi connectivity index (χ3v) is 4.90. The van der Waals surface area contributed by atoms with Gasteiger partial charge in [0.25, 0.3) is 0 Å². The Morgan fingerprint density at radius 1 is 0.929 bits per heavy atom. The van der Waals surface area contributed by atoms with E-state index in [-0.39, 0.29) is 24.1 Å². The molecule has 0 atom stereocenters. The van der Waals surface area contributed by atoms with Crippen LogP contribution in [-0.4, -0.2) is 31.3 Å². The van der Waals surface area contributed by atoms with Crippen molar-refractivity contribution in [1.82, 2.24) is 5.32 Å². The van der Waals surface area contributed by atoms with Gasteiger partial charge in [-0.25, -0.2) is 9.59 Å². The Kier molecular flexibility index (Phi) is 6.53. The Bertz CT molecular complexity index is 794. The molecular weight excluding hydrogens is 356 g/mol. The highest BCUT2D eigenvalue weighted by Gasteiger charge is 2.23. The number of ether oxygens (including phenoxy) is 2. The normalized spacial score (nSPS) is 18.8. The molecule has 2 amide bonds. The van der Waals surface area contributed by atoms with Gasteiger partial charge in [-0.05, 0) is 69.0 Å². The Balaban J connectivity index is 1.42. The zero-order chi connectivity index (χ0) is 19.9. The molecule has 0 bridgehead atoms. The first-order valence-electron chi connectivity index (χ1n) is 9.52. The summed E-state index contributed by atoms with van der Waals surface area (Å²) in [6.07, 6.45) is 3.59. The molecule has 1 saturated carbocycles. The lowest BCUT2D eigenvalue weighted by Gasteiger charge is -2.29. The number of anilines is 1. The molecule has 2 aromatic carbocycles. The fourth-order valence-electron chi connectivity index (χ4n) is 3.29. The molecule has 148 valence electrons.